The van der Waals surface area contributed by atoms with Gasteiger partial charge in [-0.1, -0.05) is 121 Å². The highest BCUT2D eigenvalue weighted by atomic mass is 32.1. The first-order valence-electron chi connectivity index (χ1n) is 17.4. The smallest absolute Gasteiger partial charge is 0.143 e. The summed E-state index contributed by atoms with van der Waals surface area (Å²) in [5.41, 5.74) is 10.2. The number of rotatable bonds is 2. The van der Waals surface area contributed by atoms with Crippen LogP contribution in [0.15, 0.2) is 168 Å². The Morgan fingerprint density at radius 1 is 0.392 bits per heavy atom. The number of hydrogen-bond acceptors (Lipinski definition) is 2. The average molecular weight is 666 g/mol. The lowest BCUT2D eigenvalue weighted by molar-refractivity contribution is 0.670. The third kappa shape index (κ3) is 3.71. The first-order valence-corrected chi connectivity index (χ1v) is 18.2. The van der Waals surface area contributed by atoms with Gasteiger partial charge in [-0.25, -0.2) is 0 Å². The van der Waals surface area contributed by atoms with E-state index in [-0.39, 0.29) is 0 Å². The number of nitrogens with zero attached hydrogens (tertiary/aromatic N) is 1. The lowest BCUT2D eigenvalue weighted by Gasteiger charge is -2.08. The molecule has 0 aliphatic carbocycles. The molecule has 0 fully saturated rings. The molecule has 12 aromatic rings. The molecule has 4 heterocycles. The molecule has 0 N–H and O–H groups in total. The molecule has 0 spiro atoms. The van der Waals surface area contributed by atoms with Gasteiger partial charge in [0.05, 0.1) is 16.6 Å². The number of fused-ring (bicyclic) bond motifs is 10. The molecule has 2 nitrogen and oxygen atoms in total. The molecule has 0 amide bonds. The predicted molar refractivity (Wildman–Crippen MR) is 218 cm³/mol. The number of hydrogen-bond donors (Lipinski definition) is 0. The molecule has 12 rings (SSSR count). The molecule has 0 bridgehead atoms. The number of para-hydroxylation sites is 3. The van der Waals surface area contributed by atoms with Crippen LogP contribution in [0.1, 0.15) is 0 Å². The summed E-state index contributed by atoms with van der Waals surface area (Å²) in [4.78, 5) is 0. The van der Waals surface area contributed by atoms with E-state index in [1.165, 1.54) is 80.2 Å². The van der Waals surface area contributed by atoms with Gasteiger partial charge < -0.3 is 8.82 Å². The topological polar surface area (TPSA) is 17.6 Å². The fourth-order valence-corrected chi connectivity index (χ4v) is 9.92. The second-order valence-electron chi connectivity index (χ2n) is 13.6. The zero-order valence-electron chi connectivity index (χ0n) is 27.4. The van der Waals surface area contributed by atoms with Gasteiger partial charge in [0.2, 0.25) is 0 Å². The minimum absolute atomic E-state index is 0.918. The second kappa shape index (κ2) is 10.1. The molecule has 0 saturated carbocycles. The molecule has 236 valence electrons. The quantitative estimate of drug-likeness (QED) is 0.180. The summed E-state index contributed by atoms with van der Waals surface area (Å²) >= 11 is 1.89. The van der Waals surface area contributed by atoms with Gasteiger partial charge in [0, 0.05) is 52.7 Å². The fraction of sp³-hybridized carbons (Fsp3) is 0. The van der Waals surface area contributed by atoms with E-state index in [0.29, 0.717) is 0 Å². The highest BCUT2D eigenvalue weighted by molar-refractivity contribution is 7.26. The van der Waals surface area contributed by atoms with Crippen molar-refractivity contribution in [3.8, 4) is 22.3 Å². The molecule has 3 heteroatoms. The SMILES string of the molecule is c1cc(-c2ccc3c(c2)c2cccc4c5ccccc5c5cccc6sc7cccc(c7c65)n3c42)cc(-c2cccc3c2oc2ccccc23)c1. The Hall–Kier alpha value is -6.42. The Morgan fingerprint density at radius 2 is 1.02 bits per heavy atom. The Kier molecular flexibility index (Phi) is 5.41. The van der Waals surface area contributed by atoms with Crippen molar-refractivity contribution in [2.45, 2.75) is 0 Å². The van der Waals surface area contributed by atoms with Crippen LogP contribution < -0.4 is 0 Å². The molecule has 0 aliphatic heterocycles. The highest BCUT2D eigenvalue weighted by Gasteiger charge is 2.19. The van der Waals surface area contributed by atoms with Crippen LogP contribution in [0, 0.1) is 0 Å². The summed E-state index contributed by atoms with van der Waals surface area (Å²) in [6, 6.07) is 60.1. The fourth-order valence-electron chi connectivity index (χ4n) is 8.77. The van der Waals surface area contributed by atoms with Crippen LogP contribution in [-0.4, -0.2) is 4.40 Å². The van der Waals surface area contributed by atoms with Crippen molar-refractivity contribution in [2.24, 2.45) is 0 Å². The molecule has 0 atom stereocenters. The van der Waals surface area contributed by atoms with Gasteiger partial charge in [-0.3, -0.25) is 0 Å². The predicted octanol–water partition coefficient (Wildman–Crippen LogP) is 14.2. The first kappa shape index (κ1) is 27.4. The van der Waals surface area contributed by atoms with Crippen LogP contribution in [0.5, 0.6) is 0 Å². The standard InChI is InChI=1S/C48H27NOS/c1-2-13-33-32(12-1)35-16-8-22-43-45(35)46-41(20-9-23-44(46)51-43)49-40-25-24-29(27-39(40)37-18-7-17-36(33)47(37)49)28-10-5-11-30(26-28)31-15-6-19-38-34-14-3-4-21-42(34)50-48(31)38/h1-27H. The molecular formula is C48H27NOS. The zero-order valence-corrected chi connectivity index (χ0v) is 28.2. The summed E-state index contributed by atoms with van der Waals surface area (Å²) in [5, 5.41) is 12.6. The van der Waals surface area contributed by atoms with Crippen molar-refractivity contribution < 1.29 is 4.42 Å². The number of aromatic nitrogens is 1. The van der Waals surface area contributed by atoms with Crippen LogP contribution in [0.3, 0.4) is 0 Å². The minimum Gasteiger partial charge on any atom is -0.455 e. The molecule has 51 heavy (non-hydrogen) atoms. The van der Waals surface area contributed by atoms with Gasteiger partial charge in [0.25, 0.3) is 0 Å². The largest absolute Gasteiger partial charge is 0.455 e. The van der Waals surface area contributed by atoms with Gasteiger partial charge in [0.15, 0.2) is 0 Å². The third-order valence-electron chi connectivity index (χ3n) is 10.9. The molecule has 0 aliphatic rings. The van der Waals surface area contributed by atoms with Crippen LogP contribution >= 0.6 is 11.3 Å². The van der Waals surface area contributed by atoms with E-state index in [4.69, 9.17) is 4.42 Å². The number of benzene rings is 8. The molecule has 8 aromatic carbocycles. The van der Waals surface area contributed by atoms with Crippen LogP contribution in [0.2, 0.25) is 0 Å². The van der Waals surface area contributed by atoms with Crippen LogP contribution in [-0.2, 0) is 0 Å². The highest BCUT2D eigenvalue weighted by Crippen LogP contribution is 2.45. The Labute approximate surface area is 296 Å². The van der Waals surface area contributed by atoms with Crippen molar-refractivity contribution in [3.05, 3.63) is 164 Å². The summed E-state index contributed by atoms with van der Waals surface area (Å²) in [5.74, 6) is 0. The minimum atomic E-state index is 0.918. The van der Waals surface area contributed by atoms with Crippen LogP contribution in [0.25, 0.3) is 113 Å². The third-order valence-corrected chi connectivity index (χ3v) is 12.1. The van der Waals surface area contributed by atoms with E-state index in [1.807, 2.05) is 23.5 Å². The summed E-state index contributed by atoms with van der Waals surface area (Å²) in [6.45, 7) is 0. The summed E-state index contributed by atoms with van der Waals surface area (Å²) in [6.07, 6.45) is 0. The van der Waals surface area contributed by atoms with E-state index in [9.17, 15) is 0 Å². The van der Waals surface area contributed by atoms with Gasteiger partial charge in [0.1, 0.15) is 11.2 Å². The number of furan rings is 1. The Bertz CT molecular complexity index is 3430. The maximum absolute atomic E-state index is 6.43. The van der Waals surface area contributed by atoms with Crippen molar-refractivity contribution in [1.29, 1.82) is 0 Å². The average Bonchev–Trinajstić information content (AvgIpc) is 3.88. The van der Waals surface area contributed by atoms with E-state index in [0.717, 1.165) is 33.1 Å². The van der Waals surface area contributed by atoms with E-state index >= 15 is 0 Å². The second-order valence-corrected chi connectivity index (χ2v) is 14.7. The molecule has 0 unspecified atom stereocenters. The Morgan fingerprint density at radius 3 is 1.92 bits per heavy atom. The van der Waals surface area contributed by atoms with Gasteiger partial charge in [-0.2, -0.15) is 0 Å². The molecule has 0 saturated heterocycles. The van der Waals surface area contributed by atoms with Crippen molar-refractivity contribution in [2.75, 3.05) is 0 Å². The van der Waals surface area contributed by atoms with Crippen molar-refractivity contribution in [1.82, 2.24) is 4.40 Å². The Balaban J connectivity index is 1.17. The lowest BCUT2D eigenvalue weighted by atomic mass is 9.96. The van der Waals surface area contributed by atoms with E-state index < -0.39 is 0 Å². The molecule has 0 radical (unpaired) electrons. The van der Waals surface area contributed by atoms with Crippen LogP contribution in [0.4, 0.5) is 0 Å². The molecular weight excluding hydrogens is 639 g/mol. The van der Waals surface area contributed by atoms with Gasteiger partial charge in [-0.05, 0) is 75.3 Å². The normalized spacial score (nSPS) is 12.3. The van der Waals surface area contributed by atoms with Gasteiger partial charge >= 0.3 is 0 Å². The number of thiophene rings is 1. The van der Waals surface area contributed by atoms with E-state index in [2.05, 4.69) is 156 Å². The van der Waals surface area contributed by atoms with Crippen molar-refractivity contribution >= 4 is 102 Å². The molecule has 4 aromatic heterocycles. The van der Waals surface area contributed by atoms with Crippen molar-refractivity contribution in [3.63, 3.8) is 0 Å². The van der Waals surface area contributed by atoms with Gasteiger partial charge in [-0.15, -0.1) is 11.3 Å². The van der Waals surface area contributed by atoms with E-state index in [1.54, 1.807) is 0 Å². The lowest BCUT2D eigenvalue weighted by Crippen LogP contribution is -1.86. The zero-order chi connectivity index (χ0) is 33.2. The maximum Gasteiger partial charge on any atom is 0.143 e. The summed E-state index contributed by atoms with van der Waals surface area (Å²) < 4.78 is 11.6. The monoisotopic (exact) mass is 665 g/mol. The summed E-state index contributed by atoms with van der Waals surface area (Å²) in [7, 11) is 0. The first-order chi connectivity index (χ1) is 25.3. The maximum atomic E-state index is 6.43.